The standard InChI is InChI=1S/C15H16N2OS2/c1-18-11-5-8-13(15(16)19)14(9-11)17-10-3-6-12(20-2)7-4-10/h3-9,17H,1-2H3,(H2,16,19). The predicted octanol–water partition coefficient (Wildman–Crippen LogP) is 3.79. The van der Waals surface area contributed by atoms with E-state index in [2.05, 4.69) is 23.7 Å². The molecule has 0 bridgehead atoms. The Hall–Kier alpha value is -1.72. The van der Waals surface area contributed by atoms with Crippen LogP contribution < -0.4 is 15.8 Å². The maximum absolute atomic E-state index is 5.75. The number of benzene rings is 2. The van der Waals surface area contributed by atoms with E-state index in [1.807, 2.05) is 30.3 Å². The van der Waals surface area contributed by atoms with E-state index in [4.69, 9.17) is 22.7 Å². The third kappa shape index (κ3) is 3.43. The molecule has 2 rings (SSSR count). The summed E-state index contributed by atoms with van der Waals surface area (Å²) in [6.07, 6.45) is 2.05. The van der Waals surface area contributed by atoms with Crippen LogP contribution in [-0.4, -0.2) is 18.4 Å². The minimum absolute atomic E-state index is 0.357. The molecule has 0 unspecified atom stereocenters. The van der Waals surface area contributed by atoms with Gasteiger partial charge in [0.1, 0.15) is 10.7 Å². The molecule has 0 spiro atoms. The lowest BCUT2D eigenvalue weighted by Gasteiger charge is -2.13. The SMILES string of the molecule is COc1ccc(C(N)=S)c(Nc2ccc(SC)cc2)c1. The average molecular weight is 304 g/mol. The van der Waals surface area contributed by atoms with Gasteiger partial charge in [0.05, 0.1) is 12.8 Å². The summed E-state index contributed by atoms with van der Waals surface area (Å²) in [6.45, 7) is 0. The third-order valence-electron chi connectivity index (χ3n) is 2.86. The lowest BCUT2D eigenvalue weighted by Crippen LogP contribution is -2.12. The van der Waals surface area contributed by atoms with Gasteiger partial charge in [-0.25, -0.2) is 0 Å². The van der Waals surface area contributed by atoms with E-state index in [0.717, 1.165) is 22.7 Å². The average Bonchev–Trinajstić information content (AvgIpc) is 2.47. The highest BCUT2D eigenvalue weighted by Gasteiger charge is 2.07. The summed E-state index contributed by atoms with van der Waals surface area (Å²) in [5, 5.41) is 3.32. The van der Waals surface area contributed by atoms with E-state index in [1.54, 1.807) is 18.9 Å². The molecule has 0 aliphatic rings. The van der Waals surface area contributed by atoms with E-state index in [9.17, 15) is 0 Å². The van der Waals surface area contributed by atoms with Gasteiger partial charge in [-0.1, -0.05) is 12.2 Å². The first-order valence-electron chi connectivity index (χ1n) is 6.03. The molecule has 2 aromatic rings. The summed E-state index contributed by atoms with van der Waals surface area (Å²) in [5.74, 6) is 0.758. The second kappa shape index (κ2) is 6.63. The second-order valence-corrected chi connectivity index (χ2v) is 5.45. The van der Waals surface area contributed by atoms with Gasteiger partial charge in [0, 0.05) is 22.2 Å². The Labute approximate surface area is 128 Å². The molecular weight excluding hydrogens is 288 g/mol. The van der Waals surface area contributed by atoms with Crippen molar-refractivity contribution < 1.29 is 4.74 Å². The van der Waals surface area contributed by atoms with Crippen LogP contribution in [-0.2, 0) is 0 Å². The van der Waals surface area contributed by atoms with E-state index in [0.29, 0.717) is 4.99 Å². The van der Waals surface area contributed by atoms with Gasteiger partial charge < -0.3 is 15.8 Å². The van der Waals surface area contributed by atoms with Crippen molar-refractivity contribution in [3.8, 4) is 5.75 Å². The van der Waals surface area contributed by atoms with E-state index in [-0.39, 0.29) is 0 Å². The highest BCUT2D eigenvalue weighted by molar-refractivity contribution is 7.98. The predicted molar refractivity (Wildman–Crippen MR) is 90.4 cm³/mol. The first-order valence-corrected chi connectivity index (χ1v) is 7.66. The molecule has 0 fully saturated rings. The monoisotopic (exact) mass is 304 g/mol. The van der Waals surface area contributed by atoms with Crippen molar-refractivity contribution in [2.75, 3.05) is 18.7 Å². The van der Waals surface area contributed by atoms with Crippen LogP contribution >= 0.6 is 24.0 Å². The Morgan fingerprint density at radius 2 is 1.90 bits per heavy atom. The Morgan fingerprint density at radius 1 is 1.20 bits per heavy atom. The van der Waals surface area contributed by atoms with Crippen LogP contribution in [0.1, 0.15) is 5.56 Å². The molecule has 0 atom stereocenters. The number of thioether (sulfide) groups is 1. The van der Waals surface area contributed by atoms with Crippen molar-refractivity contribution >= 4 is 40.3 Å². The molecule has 20 heavy (non-hydrogen) atoms. The minimum Gasteiger partial charge on any atom is -0.497 e. The first kappa shape index (κ1) is 14.7. The molecule has 0 saturated carbocycles. The van der Waals surface area contributed by atoms with Crippen LogP contribution in [0.5, 0.6) is 5.75 Å². The fourth-order valence-corrected chi connectivity index (χ4v) is 2.38. The Balaban J connectivity index is 2.32. The van der Waals surface area contributed by atoms with Crippen LogP contribution in [0.2, 0.25) is 0 Å². The van der Waals surface area contributed by atoms with Gasteiger partial charge in [0.25, 0.3) is 0 Å². The van der Waals surface area contributed by atoms with Crippen LogP contribution in [0.3, 0.4) is 0 Å². The lowest BCUT2D eigenvalue weighted by atomic mass is 10.1. The van der Waals surface area contributed by atoms with Crippen LogP contribution in [0.15, 0.2) is 47.4 Å². The largest absolute Gasteiger partial charge is 0.497 e. The second-order valence-electron chi connectivity index (χ2n) is 4.13. The molecule has 3 nitrogen and oxygen atoms in total. The quantitative estimate of drug-likeness (QED) is 0.650. The molecule has 2 aromatic carbocycles. The molecular formula is C15H16N2OS2. The van der Waals surface area contributed by atoms with Gasteiger partial charge >= 0.3 is 0 Å². The molecule has 0 amide bonds. The smallest absolute Gasteiger partial charge is 0.120 e. The molecule has 104 valence electrons. The summed E-state index contributed by atoms with van der Waals surface area (Å²) in [6, 6.07) is 13.8. The molecule has 0 aliphatic heterocycles. The van der Waals surface area contributed by atoms with Crippen molar-refractivity contribution in [1.82, 2.24) is 0 Å². The number of nitrogens with one attached hydrogen (secondary N) is 1. The van der Waals surface area contributed by atoms with Crippen molar-refractivity contribution in [3.05, 3.63) is 48.0 Å². The number of rotatable bonds is 5. The number of hydrogen-bond acceptors (Lipinski definition) is 4. The molecule has 0 saturated heterocycles. The number of hydrogen-bond donors (Lipinski definition) is 2. The van der Waals surface area contributed by atoms with Gasteiger partial charge in [0.15, 0.2) is 0 Å². The van der Waals surface area contributed by atoms with Crippen molar-refractivity contribution in [2.24, 2.45) is 5.73 Å². The first-order chi connectivity index (χ1) is 9.63. The highest BCUT2D eigenvalue weighted by atomic mass is 32.2. The summed E-state index contributed by atoms with van der Waals surface area (Å²) in [5.41, 5.74) is 8.37. The third-order valence-corrected chi connectivity index (χ3v) is 3.82. The Morgan fingerprint density at radius 3 is 2.45 bits per heavy atom. The fraction of sp³-hybridized carbons (Fsp3) is 0.133. The van der Waals surface area contributed by atoms with Gasteiger partial charge in [-0.15, -0.1) is 11.8 Å². The number of nitrogens with two attached hydrogens (primary N) is 1. The van der Waals surface area contributed by atoms with Crippen LogP contribution in [0, 0.1) is 0 Å². The van der Waals surface area contributed by atoms with Crippen LogP contribution in [0.25, 0.3) is 0 Å². The number of thiocarbonyl (C=S) groups is 1. The van der Waals surface area contributed by atoms with Gasteiger partial charge in [-0.3, -0.25) is 0 Å². The van der Waals surface area contributed by atoms with Crippen molar-refractivity contribution in [3.63, 3.8) is 0 Å². The number of ether oxygens (including phenoxy) is 1. The molecule has 0 heterocycles. The van der Waals surface area contributed by atoms with Crippen LogP contribution in [0.4, 0.5) is 11.4 Å². The summed E-state index contributed by atoms with van der Waals surface area (Å²) in [4.78, 5) is 1.58. The maximum atomic E-state index is 5.75. The molecule has 0 aromatic heterocycles. The molecule has 3 N–H and O–H groups in total. The molecule has 0 aliphatic carbocycles. The fourth-order valence-electron chi connectivity index (χ4n) is 1.80. The number of anilines is 2. The van der Waals surface area contributed by atoms with E-state index < -0.39 is 0 Å². The normalized spacial score (nSPS) is 10.1. The van der Waals surface area contributed by atoms with E-state index in [1.165, 1.54) is 4.90 Å². The minimum atomic E-state index is 0.357. The summed E-state index contributed by atoms with van der Waals surface area (Å²) < 4.78 is 5.24. The summed E-state index contributed by atoms with van der Waals surface area (Å²) in [7, 11) is 1.63. The van der Waals surface area contributed by atoms with Gasteiger partial charge in [-0.2, -0.15) is 0 Å². The van der Waals surface area contributed by atoms with Gasteiger partial charge in [0.2, 0.25) is 0 Å². The molecule has 5 heteroatoms. The Bertz CT molecular complexity index is 612. The van der Waals surface area contributed by atoms with Crippen molar-refractivity contribution in [2.45, 2.75) is 4.90 Å². The maximum Gasteiger partial charge on any atom is 0.120 e. The van der Waals surface area contributed by atoms with E-state index >= 15 is 0 Å². The Kier molecular flexibility index (Phi) is 4.87. The van der Waals surface area contributed by atoms with Gasteiger partial charge in [-0.05, 0) is 42.7 Å². The van der Waals surface area contributed by atoms with Crippen molar-refractivity contribution in [1.29, 1.82) is 0 Å². The topological polar surface area (TPSA) is 47.3 Å². The summed E-state index contributed by atoms with van der Waals surface area (Å²) >= 11 is 6.79. The lowest BCUT2D eigenvalue weighted by molar-refractivity contribution is 0.415. The number of methoxy groups -OCH3 is 1. The zero-order valence-electron chi connectivity index (χ0n) is 11.3. The zero-order chi connectivity index (χ0) is 14.5. The molecule has 0 radical (unpaired) electrons. The highest BCUT2D eigenvalue weighted by Crippen LogP contribution is 2.27. The zero-order valence-corrected chi connectivity index (χ0v) is 13.0.